The van der Waals surface area contributed by atoms with Gasteiger partial charge in [-0.3, -0.25) is 4.90 Å². The number of hydrogen-bond donors (Lipinski definition) is 1. The zero-order chi connectivity index (χ0) is 14.7. The first-order valence-electron chi connectivity index (χ1n) is 8.05. The molecule has 2 nitrogen and oxygen atoms in total. The first kappa shape index (κ1) is 15.5. The lowest BCUT2D eigenvalue weighted by Gasteiger charge is -2.40. The van der Waals surface area contributed by atoms with Crippen LogP contribution in [-0.2, 0) is 0 Å². The van der Waals surface area contributed by atoms with E-state index >= 15 is 0 Å². The van der Waals surface area contributed by atoms with Crippen molar-refractivity contribution in [1.82, 2.24) is 4.90 Å². The fourth-order valence-corrected chi connectivity index (χ4v) is 4.49. The second kappa shape index (κ2) is 6.80. The average Bonchev–Trinajstić information content (AvgIpc) is 2.98. The third-order valence-electron chi connectivity index (χ3n) is 5.12. The van der Waals surface area contributed by atoms with Gasteiger partial charge in [0.2, 0.25) is 0 Å². The summed E-state index contributed by atoms with van der Waals surface area (Å²) in [6.07, 6.45) is 5.50. The van der Waals surface area contributed by atoms with Gasteiger partial charge in [-0.05, 0) is 36.1 Å². The molecule has 0 amide bonds. The van der Waals surface area contributed by atoms with Crippen LogP contribution in [0.1, 0.15) is 25.7 Å². The van der Waals surface area contributed by atoms with Crippen molar-refractivity contribution in [3.63, 3.8) is 0 Å². The van der Waals surface area contributed by atoms with Crippen molar-refractivity contribution in [2.45, 2.75) is 25.7 Å². The van der Waals surface area contributed by atoms with Gasteiger partial charge in [0.1, 0.15) is 0 Å². The first-order valence-corrected chi connectivity index (χ1v) is 9.06. The zero-order valence-electron chi connectivity index (χ0n) is 12.6. The number of thiol groups is 1. The Bertz CT molecular complexity index is 466. The van der Waals surface area contributed by atoms with Crippen molar-refractivity contribution in [1.29, 1.82) is 0 Å². The molecule has 3 rings (SSSR count). The molecular formula is C17H25ClN2S. The molecule has 1 aromatic rings. The lowest BCUT2D eigenvalue weighted by Crippen LogP contribution is -2.50. The Balaban J connectivity index is 1.57. The van der Waals surface area contributed by atoms with Crippen LogP contribution in [0.25, 0.3) is 0 Å². The lowest BCUT2D eigenvalue weighted by atomic mass is 9.87. The molecule has 0 bridgehead atoms. The van der Waals surface area contributed by atoms with Crippen molar-refractivity contribution >= 4 is 29.9 Å². The standard InChI is InChI=1S/C17H25ClN2S/c18-15-5-1-2-6-16(15)20-11-9-19(10-12-20)13-17(14-21)7-3-4-8-17/h1-2,5-6,21H,3-4,7-14H2. The fraction of sp³-hybridized carbons (Fsp3) is 0.647. The van der Waals surface area contributed by atoms with Gasteiger partial charge >= 0.3 is 0 Å². The van der Waals surface area contributed by atoms with Crippen LogP contribution in [0.3, 0.4) is 0 Å². The second-order valence-electron chi connectivity index (χ2n) is 6.58. The summed E-state index contributed by atoms with van der Waals surface area (Å²) < 4.78 is 0. The molecule has 0 aromatic heterocycles. The zero-order valence-corrected chi connectivity index (χ0v) is 14.3. The van der Waals surface area contributed by atoms with Crippen molar-refractivity contribution in [3.05, 3.63) is 29.3 Å². The Morgan fingerprint density at radius 3 is 2.33 bits per heavy atom. The van der Waals surface area contributed by atoms with Gasteiger partial charge in [0.15, 0.2) is 0 Å². The molecule has 0 unspecified atom stereocenters. The summed E-state index contributed by atoms with van der Waals surface area (Å²) in [5.74, 6) is 1.04. The number of halogens is 1. The number of para-hydroxylation sites is 1. The molecule has 1 aromatic carbocycles. The Kier molecular flexibility index (Phi) is 5.03. The molecule has 116 valence electrons. The Morgan fingerprint density at radius 2 is 1.71 bits per heavy atom. The second-order valence-corrected chi connectivity index (χ2v) is 7.30. The molecule has 1 heterocycles. The van der Waals surface area contributed by atoms with Crippen LogP contribution in [-0.4, -0.2) is 43.4 Å². The molecule has 21 heavy (non-hydrogen) atoms. The Hall–Kier alpha value is -0.380. The predicted octanol–water partition coefficient (Wildman–Crippen LogP) is 3.95. The van der Waals surface area contributed by atoms with E-state index in [0.29, 0.717) is 5.41 Å². The van der Waals surface area contributed by atoms with Gasteiger partial charge in [-0.1, -0.05) is 36.6 Å². The van der Waals surface area contributed by atoms with Gasteiger partial charge in [-0.15, -0.1) is 0 Å². The van der Waals surface area contributed by atoms with Crippen LogP contribution in [0.5, 0.6) is 0 Å². The third kappa shape index (κ3) is 3.52. The number of hydrogen-bond acceptors (Lipinski definition) is 3. The van der Waals surface area contributed by atoms with Crippen LogP contribution in [0.2, 0.25) is 5.02 Å². The minimum Gasteiger partial charge on any atom is -0.368 e. The summed E-state index contributed by atoms with van der Waals surface area (Å²) >= 11 is 10.9. The molecule has 0 spiro atoms. The van der Waals surface area contributed by atoms with E-state index in [1.807, 2.05) is 12.1 Å². The van der Waals surface area contributed by atoms with Crippen LogP contribution < -0.4 is 4.90 Å². The number of benzene rings is 1. The smallest absolute Gasteiger partial charge is 0.0639 e. The summed E-state index contributed by atoms with van der Waals surface area (Å²) in [7, 11) is 0. The van der Waals surface area contributed by atoms with Crippen LogP contribution in [0.15, 0.2) is 24.3 Å². The molecule has 1 aliphatic carbocycles. The van der Waals surface area contributed by atoms with E-state index in [0.717, 1.165) is 37.0 Å². The minimum atomic E-state index is 0.482. The topological polar surface area (TPSA) is 6.48 Å². The van der Waals surface area contributed by atoms with E-state index in [4.69, 9.17) is 11.6 Å². The van der Waals surface area contributed by atoms with Gasteiger partial charge < -0.3 is 4.90 Å². The van der Waals surface area contributed by atoms with E-state index in [9.17, 15) is 0 Å². The Labute approximate surface area is 138 Å². The van der Waals surface area contributed by atoms with E-state index < -0.39 is 0 Å². The highest BCUT2D eigenvalue weighted by Gasteiger charge is 2.35. The molecule has 1 aliphatic heterocycles. The third-order valence-corrected chi connectivity index (χ3v) is 6.11. The molecule has 4 heteroatoms. The molecule has 0 N–H and O–H groups in total. The van der Waals surface area contributed by atoms with Crippen molar-refractivity contribution in [2.75, 3.05) is 43.4 Å². The monoisotopic (exact) mass is 324 g/mol. The quantitative estimate of drug-likeness (QED) is 0.838. The highest BCUT2D eigenvalue weighted by atomic mass is 35.5. The van der Waals surface area contributed by atoms with Crippen molar-refractivity contribution in [3.8, 4) is 0 Å². The van der Waals surface area contributed by atoms with Crippen LogP contribution >= 0.6 is 24.2 Å². The van der Waals surface area contributed by atoms with Crippen LogP contribution in [0, 0.1) is 5.41 Å². The number of piperazine rings is 1. The van der Waals surface area contributed by atoms with E-state index in [-0.39, 0.29) is 0 Å². The average molecular weight is 325 g/mol. The highest BCUT2D eigenvalue weighted by molar-refractivity contribution is 7.80. The van der Waals surface area contributed by atoms with Gasteiger partial charge in [-0.2, -0.15) is 12.6 Å². The maximum atomic E-state index is 6.31. The minimum absolute atomic E-state index is 0.482. The SMILES string of the molecule is SCC1(CN2CCN(c3ccccc3Cl)CC2)CCCC1. The van der Waals surface area contributed by atoms with E-state index in [2.05, 4.69) is 34.6 Å². The van der Waals surface area contributed by atoms with Gasteiger partial charge in [0.05, 0.1) is 10.7 Å². The maximum Gasteiger partial charge on any atom is 0.0639 e. The molecule has 2 fully saturated rings. The number of nitrogens with zero attached hydrogens (tertiary/aromatic N) is 2. The normalized spacial score (nSPS) is 22.7. The summed E-state index contributed by atoms with van der Waals surface area (Å²) in [6.45, 7) is 5.66. The lowest BCUT2D eigenvalue weighted by molar-refractivity contribution is 0.164. The maximum absolute atomic E-state index is 6.31. The highest BCUT2D eigenvalue weighted by Crippen LogP contribution is 2.40. The molecular weight excluding hydrogens is 300 g/mol. The molecule has 1 saturated heterocycles. The summed E-state index contributed by atoms with van der Waals surface area (Å²) in [5.41, 5.74) is 1.67. The Morgan fingerprint density at radius 1 is 1.05 bits per heavy atom. The predicted molar refractivity (Wildman–Crippen MR) is 94.9 cm³/mol. The van der Waals surface area contributed by atoms with Gasteiger partial charge in [0, 0.05) is 32.7 Å². The molecule has 0 radical (unpaired) electrons. The molecule has 0 atom stereocenters. The summed E-state index contributed by atoms with van der Waals surface area (Å²) in [6, 6.07) is 8.18. The largest absolute Gasteiger partial charge is 0.368 e. The molecule has 1 saturated carbocycles. The van der Waals surface area contributed by atoms with Crippen molar-refractivity contribution < 1.29 is 0 Å². The van der Waals surface area contributed by atoms with Gasteiger partial charge in [0.25, 0.3) is 0 Å². The number of anilines is 1. The van der Waals surface area contributed by atoms with Crippen LogP contribution in [0.4, 0.5) is 5.69 Å². The van der Waals surface area contributed by atoms with Gasteiger partial charge in [-0.25, -0.2) is 0 Å². The van der Waals surface area contributed by atoms with Crippen molar-refractivity contribution in [2.24, 2.45) is 5.41 Å². The number of rotatable bonds is 4. The summed E-state index contributed by atoms with van der Waals surface area (Å²) in [5, 5.41) is 0.869. The fourth-order valence-electron chi connectivity index (χ4n) is 3.82. The first-order chi connectivity index (χ1) is 10.2. The van der Waals surface area contributed by atoms with E-state index in [1.165, 1.54) is 37.9 Å². The summed E-state index contributed by atoms with van der Waals surface area (Å²) in [4.78, 5) is 5.05. The molecule has 2 aliphatic rings. The van der Waals surface area contributed by atoms with E-state index in [1.54, 1.807) is 0 Å².